The van der Waals surface area contributed by atoms with Gasteiger partial charge >= 0.3 is 0 Å². The summed E-state index contributed by atoms with van der Waals surface area (Å²) in [6, 6.07) is 7.24. The number of piperidine rings is 1. The second kappa shape index (κ2) is 12.0. The molecular weight excluding hydrogens is 516 g/mol. The van der Waals surface area contributed by atoms with Crippen molar-refractivity contribution in [3.05, 3.63) is 30.1 Å². The molecule has 0 spiro atoms. The van der Waals surface area contributed by atoms with Gasteiger partial charge in [-0.25, -0.2) is 15.0 Å². The molecule has 6 rings (SSSR count). The van der Waals surface area contributed by atoms with Crippen LogP contribution in [0, 0.1) is 0 Å². The molecule has 10 nitrogen and oxygen atoms in total. The fourth-order valence-electron chi connectivity index (χ4n) is 6.71. The van der Waals surface area contributed by atoms with Crippen molar-refractivity contribution < 1.29 is 9.84 Å². The van der Waals surface area contributed by atoms with Gasteiger partial charge in [0.1, 0.15) is 22.6 Å². The molecule has 10 heteroatoms. The summed E-state index contributed by atoms with van der Waals surface area (Å²) in [7, 11) is 3.96. The molecule has 0 unspecified atom stereocenters. The van der Waals surface area contributed by atoms with E-state index in [9.17, 15) is 5.11 Å². The molecule has 2 aromatic heterocycles. The summed E-state index contributed by atoms with van der Waals surface area (Å²) in [4.78, 5) is 22.0. The molecule has 0 bridgehead atoms. The van der Waals surface area contributed by atoms with Crippen molar-refractivity contribution in [3.63, 3.8) is 0 Å². The second-order valence-corrected chi connectivity index (χ2v) is 11.9. The number of nitrogens with one attached hydrogen (secondary N) is 1. The Morgan fingerprint density at radius 3 is 2.49 bits per heavy atom. The number of rotatable bonds is 7. The van der Waals surface area contributed by atoms with Crippen molar-refractivity contribution in [2.24, 2.45) is 0 Å². The molecule has 3 aromatic rings. The summed E-state index contributed by atoms with van der Waals surface area (Å²) in [6.45, 7) is 8.78. The highest BCUT2D eigenvalue weighted by molar-refractivity contribution is 5.97. The number of anilines is 3. The number of hydrogen-bond donors (Lipinski definition) is 3. The van der Waals surface area contributed by atoms with E-state index in [1.165, 1.54) is 25.9 Å². The van der Waals surface area contributed by atoms with E-state index in [-0.39, 0.29) is 12.1 Å². The van der Waals surface area contributed by atoms with E-state index >= 15 is 0 Å². The Labute approximate surface area is 242 Å². The van der Waals surface area contributed by atoms with Crippen molar-refractivity contribution in [2.75, 3.05) is 69.4 Å². The van der Waals surface area contributed by atoms with Gasteiger partial charge in [-0.05, 0) is 63.3 Å². The minimum Gasteiger partial charge on any atom is -0.495 e. The summed E-state index contributed by atoms with van der Waals surface area (Å²) < 4.78 is 5.94. The fourth-order valence-corrected chi connectivity index (χ4v) is 6.71. The number of ether oxygens (including phenoxy) is 1. The molecule has 2 saturated heterocycles. The standard InChI is InChI=1S/C31H44N8O2/c1-4-25-31(34-21-6-7-23(40)18-21)36-28-24(19-33-30(32)29(28)35-25)20-5-8-26(27(17-20)41-3)39-11-9-22(10-12-39)38-15-13-37(2)14-16-38/h5,8,17,19,21-23,40H,4,6-7,9-16,18H2,1-3H3,(H2,32,33)(H,34,36)/t21-,23+/m1/s1. The summed E-state index contributed by atoms with van der Waals surface area (Å²) in [5.41, 5.74) is 11.5. The van der Waals surface area contributed by atoms with Crippen LogP contribution in [0.15, 0.2) is 24.4 Å². The van der Waals surface area contributed by atoms with E-state index in [0.29, 0.717) is 17.4 Å². The normalized spacial score (nSPS) is 22.9. The molecule has 3 aliphatic rings. The van der Waals surface area contributed by atoms with Crippen LogP contribution in [0.4, 0.5) is 17.3 Å². The van der Waals surface area contributed by atoms with Crippen molar-refractivity contribution in [3.8, 4) is 16.9 Å². The summed E-state index contributed by atoms with van der Waals surface area (Å²) >= 11 is 0. The minimum absolute atomic E-state index is 0.185. The van der Waals surface area contributed by atoms with Crippen LogP contribution >= 0.6 is 0 Å². The maximum absolute atomic E-state index is 10.0. The molecule has 3 fully saturated rings. The van der Waals surface area contributed by atoms with Crippen LogP contribution in [0.3, 0.4) is 0 Å². The second-order valence-electron chi connectivity index (χ2n) is 11.9. The molecule has 2 aliphatic heterocycles. The van der Waals surface area contributed by atoms with Crippen LogP contribution in [0.2, 0.25) is 0 Å². The zero-order valence-electron chi connectivity index (χ0n) is 24.6. The first-order valence-corrected chi connectivity index (χ1v) is 15.2. The van der Waals surface area contributed by atoms with Crippen LogP contribution in [0.1, 0.15) is 44.7 Å². The van der Waals surface area contributed by atoms with Crippen molar-refractivity contribution in [1.29, 1.82) is 0 Å². The number of pyridine rings is 1. The van der Waals surface area contributed by atoms with Crippen LogP contribution in [0.25, 0.3) is 22.2 Å². The number of nitrogens with zero attached hydrogens (tertiary/aromatic N) is 6. The van der Waals surface area contributed by atoms with Crippen LogP contribution in [-0.4, -0.2) is 101 Å². The summed E-state index contributed by atoms with van der Waals surface area (Å²) in [5, 5.41) is 13.6. The maximum atomic E-state index is 10.0. The quantitative estimate of drug-likeness (QED) is 0.397. The highest BCUT2D eigenvalue weighted by atomic mass is 16.5. The zero-order chi connectivity index (χ0) is 28.5. The van der Waals surface area contributed by atoms with Gasteiger partial charge in [-0.15, -0.1) is 0 Å². The van der Waals surface area contributed by atoms with Gasteiger partial charge in [0.2, 0.25) is 0 Å². The zero-order valence-corrected chi connectivity index (χ0v) is 24.6. The Hall–Kier alpha value is -3.21. The first-order chi connectivity index (χ1) is 19.9. The number of methoxy groups -OCH3 is 1. The first-order valence-electron chi connectivity index (χ1n) is 15.2. The average Bonchev–Trinajstić information content (AvgIpc) is 3.41. The number of nitrogen functional groups attached to an aromatic ring is 1. The lowest BCUT2D eigenvalue weighted by Gasteiger charge is -2.42. The SMILES string of the molecule is CCc1nc2c(N)ncc(-c3ccc(N4CCC(N5CCN(C)CC5)CC4)c(OC)c3)c2nc1N[C@@H]1CC[C@H](O)C1. The number of hydrogen-bond acceptors (Lipinski definition) is 10. The Morgan fingerprint density at radius 2 is 1.80 bits per heavy atom. The highest BCUT2D eigenvalue weighted by Gasteiger charge is 2.28. The van der Waals surface area contributed by atoms with Gasteiger partial charge in [-0.1, -0.05) is 13.0 Å². The monoisotopic (exact) mass is 560 g/mol. The van der Waals surface area contributed by atoms with Crippen LogP contribution in [0.5, 0.6) is 5.75 Å². The van der Waals surface area contributed by atoms with E-state index in [0.717, 1.165) is 91.5 Å². The van der Waals surface area contributed by atoms with E-state index in [1.54, 1.807) is 13.3 Å². The fraction of sp³-hybridized carbons (Fsp3) is 0.581. The van der Waals surface area contributed by atoms with Crippen LogP contribution < -0.4 is 20.7 Å². The number of nitrogens with two attached hydrogens (primary N) is 1. The van der Waals surface area contributed by atoms with Gasteiger partial charge in [0, 0.05) is 63.1 Å². The lowest BCUT2D eigenvalue weighted by atomic mass is 10.00. The Bertz CT molecular complexity index is 1370. The van der Waals surface area contributed by atoms with Crippen molar-refractivity contribution in [2.45, 2.75) is 63.6 Å². The van der Waals surface area contributed by atoms with Gasteiger partial charge in [-0.3, -0.25) is 4.90 Å². The molecule has 0 amide bonds. The molecule has 1 saturated carbocycles. The highest BCUT2D eigenvalue weighted by Crippen LogP contribution is 2.38. The van der Waals surface area contributed by atoms with E-state index in [2.05, 4.69) is 57.2 Å². The topological polar surface area (TPSA) is 116 Å². The molecule has 4 heterocycles. The summed E-state index contributed by atoms with van der Waals surface area (Å²) in [5.74, 6) is 1.99. The number of aromatic nitrogens is 3. The lowest BCUT2D eigenvalue weighted by Crippen LogP contribution is -2.52. The van der Waals surface area contributed by atoms with Crippen LogP contribution in [-0.2, 0) is 6.42 Å². The molecule has 0 radical (unpaired) electrons. The van der Waals surface area contributed by atoms with Gasteiger partial charge in [0.15, 0.2) is 5.82 Å². The number of benzene rings is 1. The van der Waals surface area contributed by atoms with E-state index < -0.39 is 0 Å². The van der Waals surface area contributed by atoms with Gasteiger partial charge in [0.25, 0.3) is 0 Å². The Kier molecular flexibility index (Phi) is 8.14. The lowest BCUT2D eigenvalue weighted by molar-refractivity contribution is 0.0981. The molecule has 2 atom stereocenters. The maximum Gasteiger partial charge on any atom is 0.151 e. The Balaban J connectivity index is 1.26. The number of likely N-dealkylation sites (N-methyl/N-ethyl adjacent to an activating group) is 1. The largest absolute Gasteiger partial charge is 0.495 e. The molecule has 4 N–H and O–H groups in total. The molecule has 41 heavy (non-hydrogen) atoms. The third-order valence-electron chi connectivity index (χ3n) is 9.23. The summed E-state index contributed by atoms with van der Waals surface area (Å²) in [6.07, 6.45) is 7.04. The molecule has 1 aromatic carbocycles. The number of aliphatic hydroxyl groups excluding tert-OH is 1. The number of aryl methyl sites for hydroxylation is 1. The number of piperazine rings is 1. The van der Waals surface area contributed by atoms with Crippen molar-refractivity contribution in [1.82, 2.24) is 24.8 Å². The smallest absolute Gasteiger partial charge is 0.151 e. The predicted octanol–water partition coefficient (Wildman–Crippen LogP) is 3.39. The minimum atomic E-state index is -0.259. The van der Waals surface area contributed by atoms with E-state index in [1.807, 2.05) is 0 Å². The van der Waals surface area contributed by atoms with E-state index in [4.69, 9.17) is 20.4 Å². The van der Waals surface area contributed by atoms with Gasteiger partial charge < -0.3 is 30.7 Å². The third-order valence-corrected chi connectivity index (χ3v) is 9.23. The third kappa shape index (κ3) is 5.78. The molecule has 220 valence electrons. The predicted molar refractivity (Wildman–Crippen MR) is 165 cm³/mol. The number of fused-ring (bicyclic) bond motifs is 1. The Morgan fingerprint density at radius 1 is 1.02 bits per heavy atom. The average molecular weight is 561 g/mol. The number of aliphatic hydroxyl groups is 1. The molecular formula is C31H44N8O2. The van der Waals surface area contributed by atoms with Gasteiger partial charge in [-0.2, -0.15) is 0 Å². The molecule has 1 aliphatic carbocycles. The van der Waals surface area contributed by atoms with Gasteiger partial charge in [0.05, 0.1) is 24.6 Å². The van der Waals surface area contributed by atoms with Crippen molar-refractivity contribution >= 4 is 28.4 Å². The first kappa shape index (κ1) is 27.9.